The molecular weight excluding hydrogens is 168 g/mol. The van der Waals surface area contributed by atoms with Crippen molar-refractivity contribution in [3.63, 3.8) is 0 Å². The van der Waals surface area contributed by atoms with Crippen LogP contribution in [0.15, 0.2) is 33.6 Å². The highest BCUT2D eigenvalue weighted by Gasteiger charge is 2.02. The summed E-state index contributed by atoms with van der Waals surface area (Å²) < 4.78 is 5.33. The second-order valence-corrected chi connectivity index (χ2v) is 2.70. The fourth-order valence-corrected chi connectivity index (χ4v) is 1.09. The number of hydrogen-bond donors (Lipinski definition) is 1. The van der Waals surface area contributed by atoms with Gasteiger partial charge < -0.3 is 9.40 Å². The summed E-state index contributed by atoms with van der Waals surface area (Å²) in [5.74, 6) is 1.46. The monoisotopic (exact) mass is 176 g/mol. The van der Waals surface area contributed by atoms with Crippen LogP contribution in [-0.2, 0) is 0 Å². The van der Waals surface area contributed by atoms with Crippen molar-refractivity contribution < 1.29 is 4.42 Å². The Bertz CT molecular complexity index is 470. The maximum Gasteiger partial charge on any atom is 0.345 e. The van der Waals surface area contributed by atoms with Gasteiger partial charge in [-0.15, -0.1) is 0 Å². The Hall–Kier alpha value is -1.84. The average molecular weight is 176 g/mol. The lowest BCUT2D eigenvalue weighted by molar-refractivity contribution is 0.546. The van der Waals surface area contributed by atoms with E-state index in [1.807, 2.05) is 13.0 Å². The third-order valence-corrected chi connectivity index (χ3v) is 1.68. The number of nitrogens with one attached hydrogen (secondary N) is 1. The van der Waals surface area contributed by atoms with Crippen molar-refractivity contribution in [3.8, 4) is 11.5 Å². The van der Waals surface area contributed by atoms with E-state index in [9.17, 15) is 4.79 Å². The standard InChI is InChI=1S/C9H8N2O2/c1-6-2-3-8(13-6)7-4-5-10-9(12)11-7/h2-5H,1H3,(H,10,11,12). The summed E-state index contributed by atoms with van der Waals surface area (Å²) in [4.78, 5) is 17.0. The van der Waals surface area contributed by atoms with Gasteiger partial charge in [-0.25, -0.2) is 9.78 Å². The minimum absolute atomic E-state index is 0.369. The number of rotatable bonds is 1. The van der Waals surface area contributed by atoms with Crippen LogP contribution in [0.3, 0.4) is 0 Å². The third-order valence-electron chi connectivity index (χ3n) is 1.68. The summed E-state index contributed by atoms with van der Waals surface area (Å²) in [7, 11) is 0. The number of H-pyrrole nitrogens is 1. The molecule has 0 aliphatic carbocycles. The minimum atomic E-state index is -0.369. The highest BCUT2D eigenvalue weighted by molar-refractivity contribution is 5.50. The van der Waals surface area contributed by atoms with Crippen LogP contribution in [0, 0.1) is 6.92 Å². The predicted molar refractivity (Wildman–Crippen MR) is 47.3 cm³/mol. The number of aromatic amines is 1. The number of nitrogens with zero attached hydrogens (tertiary/aromatic N) is 1. The molecule has 2 heterocycles. The second kappa shape index (κ2) is 2.90. The second-order valence-electron chi connectivity index (χ2n) is 2.70. The fraction of sp³-hybridized carbons (Fsp3) is 0.111. The molecule has 0 spiro atoms. The first-order chi connectivity index (χ1) is 6.25. The lowest BCUT2D eigenvalue weighted by atomic mass is 10.3. The zero-order valence-corrected chi connectivity index (χ0v) is 7.07. The molecule has 0 unspecified atom stereocenters. The van der Waals surface area contributed by atoms with Crippen LogP contribution >= 0.6 is 0 Å². The Kier molecular flexibility index (Phi) is 1.73. The Morgan fingerprint density at radius 1 is 1.38 bits per heavy atom. The molecule has 0 saturated heterocycles. The van der Waals surface area contributed by atoms with E-state index in [2.05, 4.69) is 9.97 Å². The Labute approximate surface area is 74.2 Å². The SMILES string of the molecule is Cc1ccc(-c2ccnc(=O)[nH]2)o1. The van der Waals surface area contributed by atoms with Gasteiger partial charge in [0.1, 0.15) is 5.76 Å². The van der Waals surface area contributed by atoms with Gasteiger partial charge in [0, 0.05) is 6.20 Å². The summed E-state index contributed by atoms with van der Waals surface area (Å²) >= 11 is 0. The van der Waals surface area contributed by atoms with E-state index in [4.69, 9.17) is 4.42 Å². The molecule has 13 heavy (non-hydrogen) atoms. The van der Waals surface area contributed by atoms with E-state index >= 15 is 0 Å². The van der Waals surface area contributed by atoms with Crippen molar-refractivity contribution in [2.75, 3.05) is 0 Å². The molecule has 1 N–H and O–H groups in total. The smallest absolute Gasteiger partial charge is 0.345 e. The average Bonchev–Trinajstić information content (AvgIpc) is 2.52. The Balaban J connectivity index is 2.52. The van der Waals surface area contributed by atoms with Crippen LogP contribution in [0.1, 0.15) is 5.76 Å². The molecule has 2 aromatic heterocycles. The molecule has 0 amide bonds. The van der Waals surface area contributed by atoms with E-state index < -0.39 is 0 Å². The lowest BCUT2D eigenvalue weighted by Gasteiger charge is -1.93. The highest BCUT2D eigenvalue weighted by atomic mass is 16.3. The van der Waals surface area contributed by atoms with Gasteiger partial charge in [0.15, 0.2) is 5.76 Å². The lowest BCUT2D eigenvalue weighted by Crippen LogP contribution is -2.08. The van der Waals surface area contributed by atoms with Crippen LogP contribution in [0.5, 0.6) is 0 Å². The summed E-state index contributed by atoms with van der Waals surface area (Å²) in [5, 5.41) is 0. The molecule has 4 nitrogen and oxygen atoms in total. The molecule has 0 bridgehead atoms. The number of hydrogen-bond acceptors (Lipinski definition) is 3. The molecule has 0 aliphatic heterocycles. The van der Waals surface area contributed by atoms with Crippen LogP contribution in [-0.4, -0.2) is 9.97 Å². The Morgan fingerprint density at radius 3 is 2.85 bits per heavy atom. The van der Waals surface area contributed by atoms with Gasteiger partial charge in [-0.05, 0) is 25.1 Å². The van der Waals surface area contributed by atoms with Crippen molar-refractivity contribution in [1.82, 2.24) is 9.97 Å². The van der Waals surface area contributed by atoms with Gasteiger partial charge in [-0.3, -0.25) is 0 Å². The zero-order valence-electron chi connectivity index (χ0n) is 7.07. The van der Waals surface area contributed by atoms with Crippen molar-refractivity contribution in [2.24, 2.45) is 0 Å². The third kappa shape index (κ3) is 1.51. The quantitative estimate of drug-likeness (QED) is 0.713. The van der Waals surface area contributed by atoms with Gasteiger partial charge in [0.05, 0.1) is 5.69 Å². The molecule has 0 aromatic carbocycles. The number of furan rings is 1. The summed E-state index contributed by atoms with van der Waals surface area (Å²) in [6, 6.07) is 5.34. The minimum Gasteiger partial charge on any atom is -0.460 e. The van der Waals surface area contributed by atoms with Crippen LogP contribution < -0.4 is 5.69 Å². The van der Waals surface area contributed by atoms with Crippen molar-refractivity contribution in [1.29, 1.82) is 0 Å². The maximum absolute atomic E-state index is 10.9. The van der Waals surface area contributed by atoms with Crippen LogP contribution in [0.25, 0.3) is 11.5 Å². The van der Waals surface area contributed by atoms with E-state index in [1.165, 1.54) is 6.20 Å². The van der Waals surface area contributed by atoms with E-state index in [1.54, 1.807) is 12.1 Å². The van der Waals surface area contributed by atoms with Gasteiger partial charge in [-0.2, -0.15) is 0 Å². The topological polar surface area (TPSA) is 58.9 Å². The maximum atomic E-state index is 10.9. The molecule has 2 aromatic rings. The van der Waals surface area contributed by atoms with Crippen molar-refractivity contribution in [2.45, 2.75) is 6.92 Å². The molecular formula is C9H8N2O2. The molecule has 0 fully saturated rings. The van der Waals surface area contributed by atoms with E-state index in [0.29, 0.717) is 11.5 Å². The molecule has 2 rings (SSSR count). The van der Waals surface area contributed by atoms with Crippen LogP contribution in [0.4, 0.5) is 0 Å². The first-order valence-corrected chi connectivity index (χ1v) is 3.88. The number of aryl methyl sites for hydroxylation is 1. The Morgan fingerprint density at radius 2 is 2.23 bits per heavy atom. The largest absolute Gasteiger partial charge is 0.460 e. The number of aromatic nitrogens is 2. The van der Waals surface area contributed by atoms with Gasteiger partial charge in [0.25, 0.3) is 0 Å². The normalized spacial score (nSPS) is 10.2. The van der Waals surface area contributed by atoms with Gasteiger partial charge in [0.2, 0.25) is 0 Å². The zero-order chi connectivity index (χ0) is 9.26. The van der Waals surface area contributed by atoms with E-state index in [-0.39, 0.29) is 5.69 Å². The summed E-state index contributed by atoms with van der Waals surface area (Å²) in [6.45, 7) is 1.85. The van der Waals surface area contributed by atoms with Crippen molar-refractivity contribution >= 4 is 0 Å². The van der Waals surface area contributed by atoms with Crippen molar-refractivity contribution in [3.05, 3.63) is 40.6 Å². The first-order valence-electron chi connectivity index (χ1n) is 3.88. The first kappa shape index (κ1) is 7.79. The molecule has 0 atom stereocenters. The van der Waals surface area contributed by atoms with Gasteiger partial charge >= 0.3 is 5.69 Å². The van der Waals surface area contributed by atoms with Crippen LogP contribution in [0.2, 0.25) is 0 Å². The molecule has 4 heteroatoms. The highest BCUT2D eigenvalue weighted by Crippen LogP contribution is 2.17. The molecule has 0 saturated carbocycles. The summed E-state index contributed by atoms with van der Waals surface area (Å²) in [5.41, 5.74) is 0.277. The molecule has 66 valence electrons. The van der Waals surface area contributed by atoms with Gasteiger partial charge in [-0.1, -0.05) is 0 Å². The summed E-state index contributed by atoms with van der Waals surface area (Å²) in [6.07, 6.45) is 1.45. The molecule has 0 radical (unpaired) electrons. The molecule has 0 aliphatic rings. The predicted octanol–water partition coefficient (Wildman–Crippen LogP) is 1.34. The fourth-order valence-electron chi connectivity index (χ4n) is 1.09. The van der Waals surface area contributed by atoms with E-state index in [0.717, 1.165) is 5.76 Å².